The molecule has 3 aromatic rings. The molecule has 26 heavy (non-hydrogen) atoms. The van der Waals surface area contributed by atoms with Crippen molar-refractivity contribution in [2.75, 3.05) is 20.8 Å². The minimum atomic E-state index is 0.0343. The number of nitrogens with zero attached hydrogens (tertiary/aromatic N) is 3. The van der Waals surface area contributed by atoms with Gasteiger partial charge < -0.3 is 14.4 Å². The SMILES string of the molecule is COc1ccc(C2CCCN2C(=O)Cc2cn3ccsc3n2)c(OC)c1. The molecular weight excluding hydrogens is 350 g/mol. The van der Waals surface area contributed by atoms with E-state index < -0.39 is 0 Å². The predicted molar refractivity (Wildman–Crippen MR) is 100 cm³/mol. The second-order valence-electron chi connectivity index (χ2n) is 6.35. The summed E-state index contributed by atoms with van der Waals surface area (Å²) < 4.78 is 12.8. The molecule has 0 aliphatic carbocycles. The van der Waals surface area contributed by atoms with Gasteiger partial charge in [-0.3, -0.25) is 9.20 Å². The highest BCUT2D eigenvalue weighted by molar-refractivity contribution is 7.15. The minimum absolute atomic E-state index is 0.0343. The zero-order valence-corrected chi connectivity index (χ0v) is 15.7. The summed E-state index contributed by atoms with van der Waals surface area (Å²) in [5.41, 5.74) is 1.85. The normalized spacial score (nSPS) is 17.0. The fraction of sp³-hybridized carbons (Fsp3) is 0.368. The average Bonchev–Trinajstić information content (AvgIpc) is 3.36. The van der Waals surface area contributed by atoms with Crippen LogP contribution in [0, 0.1) is 0 Å². The number of thiazole rings is 1. The van der Waals surface area contributed by atoms with Crippen LogP contribution in [-0.2, 0) is 11.2 Å². The number of methoxy groups -OCH3 is 2. The lowest BCUT2D eigenvalue weighted by Crippen LogP contribution is -2.32. The second kappa shape index (κ2) is 6.99. The quantitative estimate of drug-likeness (QED) is 0.690. The summed E-state index contributed by atoms with van der Waals surface area (Å²) in [7, 11) is 3.28. The Morgan fingerprint density at radius 1 is 1.35 bits per heavy atom. The molecule has 0 radical (unpaired) electrons. The van der Waals surface area contributed by atoms with E-state index in [0.717, 1.165) is 47.1 Å². The van der Waals surface area contributed by atoms with Gasteiger partial charge in [-0.15, -0.1) is 11.3 Å². The van der Waals surface area contributed by atoms with Crippen LogP contribution in [0.2, 0.25) is 0 Å². The van der Waals surface area contributed by atoms with Crippen molar-refractivity contribution in [2.24, 2.45) is 0 Å². The zero-order chi connectivity index (χ0) is 18.1. The fourth-order valence-corrected chi connectivity index (χ4v) is 4.32. The first kappa shape index (κ1) is 16.9. The van der Waals surface area contributed by atoms with Crippen LogP contribution >= 0.6 is 11.3 Å². The van der Waals surface area contributed by atoms with E-state index in [2.05, 4.69) is 4.98 Å². The van der Waals surface area contributed by atoms with Gasteiger partial charge in [0.1, 0.15) is 11.5 Å². The fourth-order valence-electron chi connectivity index (χ4n) is 3.60. The molecule has 4 rings (SSSR count). The molecule has 1 aliphatic rings. The molecule has 1 aromatic carbocycles. The zero-order valence-electron chi connectivity index (χ0n) is 14.8. The molecule has 1 fully saturated rings. The number of hydrogen-bond acceptors (Lipinski definition) is 5. The van der Waals surface area contributed by atoms with Crippen LogP contribution in [0.25, 0.3) is 4.96 Å². The number of rotatable bonds is 5. The molecule has 0 bridgehead atoms. The van der Waals surface area contributed by atoms with Gasteiger partial charge in [0.2, 0.25) is 5.91 Å². The Labute approximate surface area is 156 Å². The highest BCUT2D eigenvalue weighted by atomic mass is 32.1. The van der Waals surface area contributed by atoms with Gasteiger partial charge in [-0.2, -0.15) is 0 Å². The molecular formula is C19H21N3O3S. The Bertz CT molecular complexity index is 905. The molecule has 2 aromatic heterocycles. The molecule has 1 atom stereocenters. The van der Waals surface area contributed by atoms with Crippen molar-refractivity contribution in [1.82, 2.24) is 14.3 Å². The third-order valence-corrected chi connectivity index (χ3v) is 5.62. The number of amides is 1. The lowest BCUT2D eigenvalue weighted by atomic mass is 10.0. The third kappa shape index (κ3) is 3.03. The molecule has 7 heteroatoms. The molecule has 3 heterocycles. The Balaban J connectivity index is 1.56. The topological polar surface area (TPSA) is 56.1 Å². The summed E-state index contributed by atoms with van der Waals surface area (Å²) in [6.07, 6.45) is 6.14. The summed E-state index contributed by atoms with van der Waals surface area (Å²) in [6, 6.07) is 5.83. The highest BCUT2D eigenvalue weighted by Gasteiger charge is 2.32. The number of hydrogen-bond donors (Lipinski definition) is 0. The van der Waals surface area contributed by atoms with Gasteiger partial charge in [0.25, 0.3) is 0 Å². The smallest absolute Gasteiger partial charge is 0.229 e. The lowest BCUT2D eigenvalue weighted by Gasteiger charge is -2.26. The number of fused-ring (bicyclic) bond motifs is 1. The van der Waals surface area contributed by atoms with Gasteiger partial charge in [0, 0.05) is 35.9 Å². The number of imidazole rings is 1. The summed E-state index contributed by atoms with van der Waals surface area (Å²) in [6.45, 7) is 0.765. The molecule has 0 N–H and O–H groups in total. The number of likely N-dealkylation sites (tertiary alicyclic amines) is 1. The molecule has 1 unspecified atom stereocenters. The lowest BCUT2D eigenvalue weighted by molar-refractivity contribution is -0.131. The predicted octanol–water partition coefficient (Wildman–Crippen LogP) is 3.32. The van der Waals surface area contributed by atoms with Crippen molar-refractivity contribution in [1.29, 1.82) is 0 Å². The van der Waals surface area contributed by atoms with E-state index in [1.807, 2.05) is 45.3 Å². The van der Waals surface area contributed by atoms with Crippen molar-refractivity contribution >= 4 is 22.2 Å². The van der Waals surface area contributed by atoms with Crippen LogP contribution in [0.4, 0.5) is 0 Å². The van der Waals surface area contributed by atoms with Crippen LogP contribution in [0.15, 0.2) is 36.0 Å². The number of benzene rings is 1. The first-order chi connectivity index (χ1) is 12.7. The minimum Gasteiger partial charge on any atom is -0.497 e. The van der Waals surface area contributed by atoms with Gasteiger partial charge in [-0.05, 0) is 25.0 Å². The van der Waals surface area contributed by atoms with Gasteiger partial charge >= 0.3 is 0 Å². The molecule has 1 amide bonds. The highest BCUT2D eigenvalue weighted by Crippen LogP contribution is 2.38. The molecule has 6 nitrogen and oxygen atoms in total. The van der Waals surface area contributed by atoms with E-state index in [4.69, 9.17) is 9.47 Å². The van der Waals surface area contributed by atoms with Crippen LogP contribution in [0.3, 0.4) is 0 Å². The summed E-state index contributed by atoms with van der Waals surface area (Å²) in [5, 5.41) is 1.99. The van der Waals surface area contributed by atoms with Crippen molar-refractivity contribution in [3.8, 4) is 11.5 Å². The van der Waals surface area contributed by atoms with Crippen LogP contribution in [0.1, 0.15) is 30.1 Å². The van der Waals surface area contributed by atoms with Crippen molar-refractivity contribution in [2.45, 2.75) is 25.3 Å². The maximum absolute atomic E-state index is 12.9. The van der Waals surface area contributed by atoms with Crippen LogP contribution < -0.4 is 9.47 Å². The molecule has 136 valence electrons. The van der Waals surface area contributed by atoms with E-state index in [0.29, 0.717) is 6.42 Å². The Kier molecular flexibility index (Phi) is 4.55. The largest absolute Gasteiger partial charge is 0.497 e. The summed E-state index contributed by atoms with van der Waals surface area (Å²) in [5.74, 6) is 1.62. The maximum Gasteiger partial charge on any atom is 0.229 e. The number of carbonyl (C=O) groups is 1. The van der Waals surface area contributed by atoms with E-state index >= 15 is 0 Å². The monoisotopic (exact) mass is 371 g/mol. The number of ether oxygens (including phenoxy) is 2. The molecule has 0 saturated carbocycles. The molecule has 1 saturated heterocycles. The van der Waals surface area contributed by atoms with Gasteiger partial charge in [0.15, 0.2) is 4.96 Å². The van der Waals surface area contributed by atoms with Gasteiger partial charge in [-0.25, -0.2) is 4.98 Å². The first-order valence-electron chi connectivity index (χ1n) is 8.62. The van der Waals surface area contributed by atoms with Crippen molar-refractivity contribution in [3.63, 3.8) is 0 Å². The van der Waals surface area contributed by atoms with E-state index in [-0.39, 0.29) is 11.9 Å². The number of aromatic nitrogens is 2. The summed E-state index contributed by atoms with van der Waals surface area (Å²) >= 11 is 1.57. The van der Waals surface area contributed by atoms with Gasteiger partial charge in [-0.1, -0.05) is 0 Å². The molecule has 1 aliphatic heterocycles. The van der Waals surface area contributed by atoms with E-state index in [1.54, 1.807) is 25.6 Å². The standard InChI is InChI=1S/C19H21N3O3S/c1-24-14-5-6-15(17(11-14)25-2)16-4-3-7-22(16)18(23)10-13-12-21-8-9-26-19(21)20-13/h5-6,8-9,11-12,16H,3-4,7,10H2,1-2H3. The average molecular weight is 371 g/mol. The Morgan fingerprint density at radius 2 is 2.23 bits per heavy atom. The third-order valence-electron chi connectivity index (χ3n) is 4.85. The van der Waals surface area contributed by atoms with Gasteiger partial charge in [0.05, 0.1) is 32.4 Å². The second-order valence-corrected chi connectivity index (χ2v) is 7.23. The first-order valence-corrected chi connectivity index (χ1v) is 9.50. The van der Waals surface area contributed by atoms with Crippen molar-refractivity contribution < 1.29 is 14.3 Å². The summed E-state index contributed by atoms with van der Waals surface area (Å²) in [4.78, 5) is 20.3. The molecule has 0 spiro atoms. The Morgan fingerprint density at radius 3 is 3.00 bits per heavy atom. The maximum atomic E-state index is 12.9. The Hall–Kier alpha value is -2.54. The van der Waals surface area contributed by atoms with E-state index in [9.17, 15) is 4.79 Å². The van der Waals surface area contributed by atoms with Crippen LogP contribution in [0.5, 0.6) is 11.5 Å². The van der Waals surface area contributed by atoms with Crippen molar-refractivity contribution in [3.05, 3.63) is 47.2 Å². The van der Waals surface area contributed by atoms with E-state index in [1.165, 1.54) is 0 Å². The van der Waals surface area contributed by atoms with Crippen LogP contribution in [-0.4, -0.2) is 41.0 Å². The number of carbonyl (C=O) groups excluding carboxylic acids is 1.